The number of anilines is 3. The summed E-state index contributed by atoms with van der Waals surface area (Å²) in [5, 5.41) is 11.0. The number of carbonyl (C=O) groups is 2. The molecule has 0 atom stereocenters. The van der Waals surface area contributed by atoms with E-state index in [1.807, 2.05) is 4.57 Å². The van der Waals surface area contributed by atoms with Crippen LogP contribution < -0.4 is 22.5 Å². The largest absolute Gasteiger partial charge is 0.478 e. The lowest BCUT2D eigenvalue weighted by atomic mass is 10.1. The van der Waals surface area contributed by atoms with Gasteiger partial charge in [0, 0.05) is 25.1 Å². The fourth-order valence-electron chi connectivity index (χ4n) is 3.88. The van der Waals surface area contributed by atoms with Crippen LogP contribution in [-0.2, 0) is 13.0 Å². The topological polar surface area (TPSA) is 188 Å². The zero-order valence-electron chi connectivity index (χ0n) is 22.6. The second-order valence-electron chi connectivity index (χ2n) is 9.19. The molecule has 15 heteroatoms. The molecular weight excluding hydrogens is 560 g/mol. The Balaban J connectivity index is 0.000000337. The molecule has 8 N–H and O–H groups in total. The van der Waals surface area contributed by atoms with Gasteiger partial charge in [0.1, 0.15) is 46.8 Å². The molecule has 0 aliphatic carbocycles. The maximum Gasteiger partial charge on any atom is 0.335 e. The lowest BCUT2D eigenvalue weighted by Gasteiger charge is -2.10. The van der Waals surface area contributed by atoms with E-state index in [4.69, 9.17) is 22.3 Å². The number of unbranched alkanes of at least 4 members (excludes halogenated alkanes) is 2. The number of halogens is 4. The zero-order valence-corrected chi connectivity index (χ0v) is 22.6. The van der Waals surface area contributed by atoms with Crippen molar-refractivity contribution in [3.8, 4) is 0 Å². The van der Waals surface area contributed by atoms with E-state index in [1.165, 1.54) is 6.33 Å². The van der Waals surface area contributed by atoms with Gasteiger partial charge in [0.25, 0.3) is 5.91 Å². The first kappa shape index (κ1) is 31.6. The summed E-state index contributed by atoms with van der Waals surface area (Å²) in [7, 11) is 0. The van der Waals surface area contributed by atoms with Crippen molar-refractivity contribution in [1.29, 1.82) is 0 Å². The van der Waals surface area contributed by atoms with Crippen LogP contribution in [0.15, 0.2) is 30.6 Å². The highest BCUT2D eigenvalue weighted by molar-refractivity contribution is 5.94. The number of amides is 1. The molecule has 2 aromatic carbocycles. The third-order valence-electron chi connectivity index (χ3n) is 6.15. The van der Waals surface area contributed by atoms with E-state index >= 15 is 0 Å². The third-order valence-corrected chi connectivity index (χ3v) is 6.15. The quantitative estimate of drug-likeness (QED) is 0.103. The minimum absolute atomic E-state index is 0.103. The number of imidazole rings is 1. The molecule has 224 valence electrons. The van der Waals surface area contributed by atoms with Gasteiger partial charge in [-0.1, -0.05) is 13.3 Å². The molecule has 2 aromatic heterocycles. The van der Waals surface area contributed by atoms with Gasteiger partial charge in [-0.2, -0.15) is 0 Å². The van der Waals surface area contributed by atoms with Gasteiger partial charge in [0.15, 0.2) is 17.0 Å². The van der Waals surface area contributed by atoms with Crippen LogP contribution in [0.25, 0.3) is 11.2 Å². The number of hydrogen-bond donors (Lipinski definition) is 5. The van der Waals surface area contributed by atoms with Gasteiger partial charge in [-0.05, 0) is 43.5 Å². The number of benzene rings is 2. The molecule has 0 bridgehead atoms. The van der Waals surface area contributed by atoms with Gasteiger partial charge in [-0.15, -0.1) is 0 Å². The highest BCUT2D eigenvalue weighted by Crippen LogP contribution is 2.21. The number of aryl methyl sites for hydroxylation is 2. The second-order valence-corrected chi connectivity index (χ2v) is 9.19. The van der Waals surface area contributed by atoms with Gasteiger partial charge in [0.05, 0.1) is 5.56 Å². The average Bonchev–Trinajstić information content (AvgIpc) is 3.31. The van der Waals surface area contributed by atoms with Gasteiger partial charge in [0.2, 0.25) is 0 Å². The van der Waals surface area contributed by atoms with Crippen LogP contribution in [0.3, 0.4) is 0 Å². The maximum absolute atomic E-state index is 13.5. The molecule has 0 saturated heterocycles. The zero-order chi connectivity index (χ0) is 31.0. The van der Waals surface area contributed by atoms with Crippen LogP contribution in [0.2, 0.25) is 0 Å². The average molecular weight is 591 g/mol. The Morgan fingerprint density at radius 2 is 1.45 bits per heavy atom. The standard InChI is InChI=1S/C20H25F2N7O.C7H5F2NO2/c1-2-3-6-15-28-17-18(24)26-11-27-19(17)29(15)8-5-4-7-25-20(30)12-9-13(21)16(23)14(22)10-12;8-4-1-3(7(11)12)2-5(9)6(4)10/h9-11H,2-8,23H2,1H3,(H,25,30)(H2,24,26,27);1-2H,10H2,(H,11,12). The summed E-state index contributed by atoms with van der Waals surface area (Å²) in [4.78, 5) is 35.3. The molecule has 1 amide bonds. The van der Waals surface area contributed by atoms with E-state index < -0.39 is 52.1 Å². The lowest BCUT2D eigenvalue weighted by molar-refractivity contribution is 0.0695. The molecule has 0 aliphatic heterocycles. The minimum Gasteiger partial charge on any atom is -0.478 e. The van der Waals surface area contributed by atoms with Crippen molar-refractivity contribution in [1.82, 2.24) is 24.8 Å². The normalized spacial score (nSPS) is 10.8. The fourth-order valence-corrected chi connectivity index (χ4v) is 3.88. The number of nitrogens with two attached hydrogens (primary N) is 3. The number of fused-ring (bicyclic) bond motifs is 1. The summed E-state index contributed by atoms with van der Waals surface area (Å²) in [5.41, 5.74) is 15.5. The predicted octanol–water partition coefficient (Wildman–Crippen LogP) is 4.07. The van der Waals surface area contributed by atoms with Crippen molar-refractivity contribution >= 4 is 40.2 Å². The Morgan fingerprint density at radius 3 is 2.00 bits per heavy atom. The lowest BCUT2D eigenvalue weighted by Crippen LogP contribution is -2.25. The van der Waals surface area contributed by atoms with E-state index in [9.17, 15) is 27.2 Å². The van der Waals surface area contributed by atoms with Gasteiger partial charge >= 0.3 is 5.97 Å². The van der Waals surface area contributed by atoms with Gasteiger partial charge in [-0.25, -0.2) is 37.3 Å². The van der Waals surface area contributed by atoms with Crippen molar-refractivity contribution < 1.29 is 32.3 Å². The fraction of sp³-hybridized carbons (Fsp3) is 0.296. The number of aromatic carboxylic acids is 1. The van der Waals surface area contributed by atoms with E-state index in [-0.39, 0.29) is 5.56 Å². The van der Waals surface area contributed by atoms with Crippen LogP contribution in [0, 0.1) is 23.3 Å². The first-order chi connectivity index (χ1) is 19.9. The molecule has 0 fully saturated rings. The summed E-state index contributed by atoms with van der Waals surface area (Å²) in [5.74, 6) is -4.71. The molecule has 0 radical (unpaired) electrons. The highest BCUT2D eigenvalue weighted by Gasteiger charge is 2.15. The van der Waals surface area contributed by atoms with Crippen LogP contribution in [-0.4, -0.2) is 43.0 Å². The van der Waals surface area contributed by atoms with Crippen LogP contribution >= 0.6 is 0 Å². The number of hydrogen-bond acceptors (Lipinski definition) is 8. The number of nitrogen functional groups attached to an aromatic ring is 3. The van der Waals surface area contributed by atoms with E-state index in [0.717, 1.165) is 43.6 Å². The Kier molecular flexibility index (Phi) is 10.6. The summed E-state index contributed by atoms with van der Waals surface area (Å²) in [6.45, 7) is 3.14. The summed E-state index contributed by atoms with van der Waals surface area (Å²) in [6, 6.07) is 3.19. The van der Waals surface area contributed by atoms with Crippen LogP contribution in [0.4, 0.5) is 34.8 Å². The van der Waals surface area contributed by atoms with Crippen molar-refractivity contribution in [2.24, 2.45) is 0 Å². The molecule has 0 unspecified atom stereocenters. The van der Waals surface area contributed by atoms with Crippen molar-refractivity contribution in [3.63, 3.8) is 0 Å². The number of aromatic nitrogens is 4. The summed E-state index contributed by atoms with van der Waals surface area (Å²) >= 11 is 0. The van der Waals surface area contributed by atoms with E-state index in [2.05, 4.69) is 27.2 Å². The maximum atomic E-state index is 13.5. The molecule has 42 heavy (non-hydrogen) atoms. The number of nitrogens with one attached hydrogen (secondary N) is 1. The monoisotopic (exact) mass is 590 g/mol. The summed E-state index contributed by atoms with van der Waals surface area (Å²) in [6.07, 6.45) is 5.70. The first-order valence-corrected chi connectivity index (χ1v) is 12.9. The minimum atomic E-state index is -1.40. The number of nitrogens with zero attached hydrogens (tertiary/aromatic N) is 4. The Morgan fingerprint density at radius 1 is 0.881 bits per heavy atom. The number of carboxylic acid groups (broad SMARTS) is 1. The first-order valence-electron chi connectivity index (χ1n) is 12.9. The molecule has 4 rings (SSSR count). The Labute approximate surface area is 237 Å². The van der Waals surface area contributed by atoms with Crippen LogP contribution in [0.5, 0.6) is 0 Å². The predicted molar refractivity (Wildman–Crippen MR) is 148 cm³/mol. The smallest absolute Gasteiger partial charge is 0.335 e. The number of carboxylic acids is 1. The number of rotatable bonds is 10. The Bertz CT molecular complexity index is 1550. The highest BCUT2D eigenvalue weighted by atomic mass is 19.1. The number of carbonyl (C=O) groups excluding carboxylic acids is 1. The summed E-state index contributed by atoms with van der Waals surface area (Å²) < 4.78 is 54.2. The Hall–Kier alpha value is -4.95. The molecule has 0 aliphatic rings. The van der Waals surface area contributed by atoms with E-state index in [0.29, 0.717) is 48.6 Å². The third kappa shape index (κ3) is 7.62. The van der Waals surface area contributed by atoms with Crippen molar-refractivity contribution in [2.45, 2.75) is 45.6 Å². The molecule has 0 saturated carbocycles. The molecule has 11 nitrogen and oxygen atoms in total. The second kappa shape index (κ2) is 14.1. The van der Waals surface area contributed by atoms with Crippen molar-refractivity contribution in [2.75, 3.05) is 23.7 Å². The molecule has 2 heterocycles. The molecule has 4 aromatic rings. The SMILES string of the molecule is CCCCc1nc2c(N)ncnc2n1CCCCNC(=O)c1cc(F)c(N)c(F)c1.Nc1c(F)cc(C(=O)O)cc1F. The molecular formula is C27H30F4N8O3. The van der Waals surface area contributed by atoms with Gasteiger partial charge < -0.3 is 32.2 Å². The van der Waals surface area contributed by atoms with Crippen molar-refractivity contribution in [3.05, 3.63) is 70.8 Å². The van der Waals surface area contributed by atoms with Crippen LogP contribution in [0.1, 0.15) is 59.1 Å². The van der Waals surface area contributed by atoms with E-state index in [1.54, 1.807) is 0 Å². The van der Waals surface area contributed by atoms with Gasteiger partial charge in [-0.3, -0.25) is 4.79 Å². The molecule has 0 spiro atoms.